The second-order valence-electron chi connectivity index (χ2n) is 6.72. The molecule has 29 heavy (non-hydrogen) atoms. The van der Waals surface area contributed by atoms with Gasteiger partial charge in [-0.2, -0.15) is 5.10 Å². The highest BCUT2D eigenvalue weighted by Gasteiger charge is 2.13. The molecule has 4 rings (SSSR count). The molecule has 1 amide bonds. The third kappa shape index (κ3) is 4.08. The lowest BCUT2D eigenvalue weighted by atomic mass is 10.1. The Bertz CT molecular complexity index is 1150. The number of rotatable bonds is 5. The Labute approximate surface area is 167 Å². The average Bonchev–Trinajstić information content (AvgIpc) is 3.35. The van der Waals surface area contributed by atoms with Crippen LogP contribution in [0.3, 0.4) is 0 Å². The maximum absolute atomic E-state index is 13.7. The second-order valence-corrected chi connectivity index (χ2v) is 6.72. The van der Waals surface area contributed by atoms with Crippen LogP contribution in [-0.2, 0) is 6.54 Å². The van der Waals surface area contributed by atoms with Gasteiger partial charge < -0.3 is 9.73 Å². The van der Waals surface area contributed by atoms with Crippen LogP contribution in [0.2, 0.25) is 0 Å². The molecule has 0 saturated heterocycles. The molecular weight excluding hydrogens is 371 g/mol. The number of oxazole rings is 1. The molecule has 4 aromatic rings. The number of nitrogens with zero attached hydrogens (tertiary/aromatic N) is 3. The van der Waals surface area contributed by atoms with Gasteiger partial charge in [-0.25, -0.2) is 9.37 Å². The first kappa shape index (κ1) is 18.6. The van der Waals surface area contributed by atoms with Gasteiger partial charge in [0.25, 0.3) is 5.91 Å². The van der Waals surface area contributed by atoms with E-state index in [0.29, 0.717) is 23.7 Å². The van der Waals surface area contributed by atoms with Gasteiger partial charge in [-0.15, -0.1) is 0 Å². The zero-order valence-electron chi connectivity index (χ0n) is 16.0. The molecule has 7 heteroatoms. The van der Waals surface area contributed by atoms with E-state index in [9.17, 15) is 9.18 Å². The first-order valence-corrected chi connectivity index (χ1v) is 9.11. The number of halogens is 1. The summed E-state index contributed by atoms with van der Waals surface area (Å²) in [4.78, 5) is 16.9. The number of carbonyl (C=O) groups is 1. The van der Waals surface area contributed by atoms with Gasteiger partial charge in [0, 0.05) is 29.2 Å². The van der Waals surface area contributed by atoms with Gasteiger partial charge >= 0.3 is 0 Å². The minimum Gasteiger partial charge on any atom is -0.441 e. The monoisotopic (exact) mass is 390 g/mol. The maximum atomic E-state index is 13.7. The molecule has 0 bridgehead atoms. The van der Waals surface area contributed by atoms with Crippen molar-refractivity contribution >= 4 is 11.6 Å². The van der Waals surface area contributed by atoms with Gasteiger partial charge in [0.15, 0.2) is 0 Å². The van der Waals surface area contributed by atoms with Gasteiger partial charge in [-0.1, -0.05) is 6.07 Å². The quantitative estimate of drug-likeness (QED) is 0.541. The van der Waals surface area contributed by atoms with Crippen molar-refractivity contribution in [1.82, 2.24) is 14.8 Å². The van der Waals surface area contributed by atoms with Gasteiger partial charge in [-0.05, 0) is 61.9 Å². The fourth-order valence-corrected chi connectivity index (χ4v) is 2.88. The zero-order valence-corrected chi connectivity index (χ0v) is 16.0. The lowest BCUT2D eigenvalue weighted by Gasteiger charge is -2.06. The van der Waals surface area contributed by atoms with E-state index < -0.39 is 5.82 Å². The van der Waals surface area contributed by atoms with E-state index in [4.69, 9.17) is 4.42 Å². The Morgan fingerprint density at radius 3 is 2.66 bits per heavy atom. The standard InChI is InChI=1S/C22H19FN4O2/c1-14-4-5-17(12-19(14)23)21(28)25-18-8-6-16(7-9-18)22-26-20(15(2)29-22)13-27-11-3-10-24-27/h3-12H,13H2,1-2H3,(H,25,28). The van der Waals surface area contributed by atoms with E-state index in [1.807, 2.05) is 31.3 Å². The summed E-state index contributed by atoms with van der Waals surface area (Å²) in [6.45, 7) is 4.05. The molecular formula is C22H19FN4O2. The summed E-state index contributed by atoms with van der Waals surface area (Å²) in [6, 6.07) is 13.4. The Kier molecular flexibility index (Phi) is 4.95. The minimum absolute atomic E-state index is 0.267. The molecule has 0 aliphatic rings. The normalized spacial score (nSPS) is 10.9. The van der Waals surface area contributed by atoms with Crippen LogP contribution in [-0.4, -0.2) is 20.7 Å². The summed E-state index contributed by atoms with van der Waals surface area (Å²) < 4.78 is 21.2. The molecule has 0 atom stereocenters. The van der Waals surface area contributed by atoms with Crippen molar-refractivity contribution in [3.8, 4) is 11.5 Å². The summed E-state index contributed by atoms with van der Waals surface area (Å²) in [5.41, 5.74) is 2.96. The Morgan fingerprint density at radius 1 is 1.17 bits per heavy atom. The molecule has 0 aliphatic carbocycles. The number of aryl methyl sites for hydroxylation is 2. The Hall–Kier alpha value is -3.74. The molecule has 146 valence electrons. The van der Waals surface area contributed by atoms with Gasteiger partial charge in [0.05, 0.1) is 6.54 Å². The lowest BCUT2D eigenvalue weighted by molar-refractivity contribution is 0.102. The Balaban J connectivity index is 1.48. The highest BCUT2D eigenvalue weighted by atomic mass is 19.1. The van der Waals surface area contributed by atoms with Crippen molar-refractivity contribution in [3.63, 3.8) is 0 Å². The van der Waals surface area contributed by atoms with E-state index >= 15 is 0 Å². The SMILES string of the molecule is Cc1ccc(C(=O)Nc2ccc(-c3nc(Cn4cccn4)c(C)o3)cc2)cc1F. The summed E-state index contributed by atoms with van der Waals surface area (Å²) in [7, 11) is 0. The molecule has 6 nitrogen and oxygen atoms in total. The first-order chi connectivity index (χ1) is 14.0. The van der Waals surface area contributed by atoms with E-state index in [1.165, 1.54) is 6.07 Å². The molecule has 2 aromatic heterocycles. The van der Waals surface area contributed by atoms with Crippen molar-refractivity contribution in [2.75, 3.05) is 5.32 Å². The first-order valence-electron chi connectivity index (χ1n) is 9.11. The van der Waals surface area contributed by atoms with Crippen molar-refractivity contribution in [1.29, 1.82) is 0 Å². The molecule has 0 unspecified atom stereocenters. The average molecular weight is 390 g/mol. The number of carbonyl (C=O) groups excluding carboxylic acids is 1. The maximum Gasteiger partial charge on any atom is 0.255 e. The fraction of sp³-hybridized carbons (Fsp3) is 0.136. The summed E-state index contributed by atoms with van der Waals surface area (Å²) in [5.74, 6) is 0.459. The van der Waals surface area contributed by atoms with E-state index in [1.54, 1.807) is 42.1 Å². The van der Waals surface area contributed by atoms with Crippen LogP contribution in [0.15, 0.2) is 65.3 Å². The van der Waals surface area contributed by atoms with E-state index in [2.05, 4.69) is 15.4 Å². The summed E-state index contributed by atoms with van der Waals surface area (Å²) >= 11 is 0. The number of hydrogen-bond acceptors (Lipinski definition) is 4. The zero-order chi connectivity index (χ0) is 20.4. The molecule has 0 fully saturated rings. The van der Waals surface area contributed by atoms with E-state index in [-0.39, 0.29) is 11.5 Å². The summed E-state index contributed by atoms with van der Waals surface area (Å²) in [5, 5.41) is 6.94. The third-order valence-corrected chi connectivity index (χ3v) is 4.59. The van der Waals surface area contributed by atoms with Crippen molar-refractivity contribution in [2.45, 2.75) is 20.4 Å². The van der Waals surface area contributed by atoms with Gasteiger partial charge in [-0.3, -0.25) is 9.48 Å². The number of anilines is 1. The number of amides is 1. The van der Waals surface area contributed by atoms with Crippen LogP contribution >= 0.6 is 0 Å². The van der Waals surface area contributed by atoms with Crippen LogP contribution in [0.5, 0.6) is 0 Å². The highest BCUT2D eigenvalue weighted by Crippen LogP contribution is 2.24. The topological polar surface area (TPSA) is 73.0 Å². The lowest BCUT2D eigenvalue weighted by Crippen LogP contribution is -2.12. The molecule has 1 N–H and O–H groups in total. The molecule has 2 aromatic carbocycles. The van der Waals surface area contributed by atoms with Crippen molar-refractivity contribution in [2.24, 2.45) is 0 Å². The number of aromatic nitrogens is 3. The van der Waals surface area contributed by atoms with Gasteiger partial charge in [0.1, 0.15) is 17.3 Å². The molecule has 0 saturated carbocycles. The fourth-order valence-electron chi connectivity index (χ4n) is 2.88. The number of hydrogen-bond donors (Lipinski definition) is 1. The molecule has 0 radical (unpaired) electrons. The molecule has 2 heterocycles. The highest BCUT2D eigenvalue weighted by molar-refractivity contribution is 6.04. The second kappa shape index (κ2) is 7.71. The van der Waals surface area contributed by atoms with E-state index in [0.717, 1.165) is 17.0 Å². The largest absolute Gasteiger partial charge is 0.441 e. The van der Waals surface area contributed by atoms with Crippen LogP contribution in [0, 0.1) is 19.7 Å². The van der Waals surface area contributed by atoms with Crippen LogP contribution in [0.25, 0.3) is 11.5 Å². The van der Waals surface area contributed by atoms with Crippen LogP contribution in [0.1, 0.15) is 27.4 Å². The number of nitrogens with one attached hydrogen (secondary N) is 1. The van der Waals surface area contributed by atoms with Gasteiger partial charge in [0.2, 0.25) is 5.89 Å². The number of benzene rings is 2. The summed E-state index contributed by atoms with van der Waals surface area (Å²) in [6.07, 6.45) is 3.58. The predicted octanol–water partition coefficient (Wildman–Crippen LogP) is 4.59. The predicted molar refractivity (Wildman–Crippen MR) is 107 cm³/mol. The Morgan fingerprint density at radius 2 is 1.97 bits per heavy atom. The minimum atomic E-state index is -0.404. The molecule has 0 aliphatic heterocycles. The third-order valence-electron chi connectivity index (χ3n) is 4.59. The van der Waals surface area contributed by atoms with Crippen molar-refractivity contribution in [3.05, 3.63) is 89.3 Å². The van der Waals surface area contributed by atoms with Crippen LogP contribution in [0.4, 0.5) is 10.1 Å². The van der Waals surface area contributed by atoms with Crippen LogP contribution < -0.4 is 5.32 Å². The molecule has 0 spiro atoms. The van der Waals surface area contributed by atoms with Crippen molar-refractivity contribution < 1.29 is 13.6 Å². The smallest absolute Gasteiger partial charge is 0.255 e.